The fraction of sp³-hybridized carbons (Fsp3) is 0.520. The summed E-state index contributed by atoms with van der Waals surface area (Å²) in [7, 11) is 0. The molecule has 2 amide bonds. The maximum Gasteiger partial charge on any atom is 0.410 e. The van der Waals surface area contributed by atoms with Crippen molar-refractivity contribution in [1.82, 2.24) is 14.8 Å². The predicted octanol–water partition coefficient (Wildman–Crippen LogP) is 4.46. The number of likely N-dealkylation sites (tertiary alicyclic amines) is 1. The molecule has 1 fully saturated rings. The minimum atomic E-state index is -0.509. The van der Waals surface area contributed by atoms with Crippen molar-refractivity contribution in [1.29, 1.82) is 0 Å². The van der Waals surface area contributed by atoms with Crippen LogP contribution in [0, 0.1) is 0 Å². The van der Waals surface area contributed by atoms with Crippen LogP contribution in [0.4, 0.5) is 4.79 Å². The van der Waals surface area contributed by atoms with Crippen LogP contribution in [0.2, 0.25) is 5.02 Å². The summed E-state index contributed by atoms with van der Waals surface area (Å²) >= 11 is 6.31. The summed E-state index contributed by atoms with van der Waals surface area (Å²) in [4.78, 5) is 27.0. The van der Waals surface area contributed by atoms with E-state index >= 15 is 0 Å². The highest BCUT2D eigenvalue weighted by Crippen LogP contribution is 2.38. The summed E-state index contributed by atoms with van der Waals surface area (Å²) in [6.45, 7) is 8.25. The third kappa shape index (κ3) is 5.78. The zero-order chi connectivity index (χ0) is 24.3. The number of fused-ring (bicyclic) bond motifs is 1. The number of ether oxygens (including phenoxy) is 3. The van der Waals surface area contributed by atoms with Gasteiger partial charge in [-0.3, -0.25) is 4.79 Å². The van der Waals surface area contributed by atoms with Gasteiger partial charge in [-0.1, -0.05) is 11.6 Å². The maximum atomic E-state index is 12.9. The molecule has 1 aromatic carbocycles. The summed E-state index contributed by atoms with van der Waals surface area (Å²) < 4.78 is 18.7. The predicted molar refractivity (Wildman–Crippen MR) is 129 cm³/mol. The molecule has 3 heterocycles. The Kier molecular flexibility index (Phi) is 7.26. The lowest BCUT2D eigenvalue weighted by Crippen LogP contribution is -2.42. The molecular formula is C25H32ClN3O5. The molecule has 2 aliphatic rings. The van der Waals surface area contributed by atoms with Crippen LogP contribution in [0.25, 0.3) is 0 Å². The van der Waals surface area contributed by atoms with Gasteiger partial charge >= 0.3 is 6.09 Å². The number of amides is 2. The Hall–Kier alpha value is -2.87. The topological polar surface area (TPSA) is 82.0 Å². The van der Waals surface area contributed by atoms with Gasteiger partial charge in [0.25, 0.3) is 5.91 Å². The summed E-state index contributed by atoms with van der Waals surface area (Å²) in [5.41, 5.74) is 1.08. The largest absolute Gasteiger partial charge is 0.486 e. The molecule has 184 valence electrons. The minimum absolute atomic E-state index is 0.122. The van der Waals surface area contributed by atoms with Crippen molar-refractivity contribution >= 4 is 23.6 Å². The van der Waals surface area contributed by atoms with Gasteiger partial charge in [0.1, 0.15) is 24.5 Å². The summed E-state index contributed by atoms with van der Waals surface area (Å²) in [5, 5.41) is 3.52. The number of hydrogen-bond acceptors (Lipinski definition) is 5. The van der Waals surface area contributed by atoms with Crippen LogP contribution in [-0.4, -0.2) is 59.9 Å². The van der Waals surface area contributed by atoms with Crippen molar-refractivity contribution in [2.45, 2.75) is 51.7 Å². The molecule has 8 nitrogen and oxygen atoms in total. The fourth-order valence-corrected chi connectivity index (χ4v) is 4.57. The number of piperidine rings is 1. The second-order valence-electron chi connectivity index (χ2n) is 9.61. The zero-order valence-corrected chi connectivity index (χ0v) is 20.7. The van der Waals surface area contributed by atoms with E-state index in [0.717, 1.165) is 18.4 Å². The van der Waals surface area contributed by atoms with Crippen LogP contribution < -0.4 is 14.8 Å². The third-order valence-corrected chi connectivity index (χ3v) is 6.16. The lowest BCUT2D eigenvalue weighted by molar-refractivity contribution is 0.0187. The van der Waals surface area contributed by atoms with E-state index in [0.29, 0.717) is 61.5 Å². The molecule has 4 rings (SSSR count). The normalized spacial score (nSPS) is 16.3. The monoisotopic (exact) mass is 489 g/mol. The third-order valence-electron chi connectivity index (χ3n) is 5.88. The van der Waals surface area contributed by atoms with Crippen LogP contribution in [-0.2, 0) is 11.2 Å². The van der Waals surface area contributed by atoms with Gasteiger partial charge in [0, 0.05) is 31.9 Å². The minimum Gasteiger partial charge on any atom is -0.486 e. The maximum absolute atomic E-state index is 12.9. The molecule has 0 unspecified atom stereocenters. The molecule has 34 heavy (non-hydrogen) atoms. The smallest absolute Gasteiger partial charge is 0.410 e. The molecule has 2 aromatic rings. The lowest BCUT2D eigenvalue weighted by atomic mass is 10.0. The van der Waals surface area contributed by atoms with Gasteiger partial charge in [0.15, 0.2) is 11.5 Å². The molecule has 0 spiro atoms. The van der Waals surface area contributed by atoms with Crippen molar-refractivity contribution in [3.8, 4) is 11.5 Å². The fourth-order valence-electron chi connectivity index (χ4n) is 4.28. The van der Waals surface area contributed by atoms with Crippen LogP contribution >= 0.6 is 11.6 Å². The molecule has 1 saturated heterocycles. The Morgan fingerprint density at radius 1 is 1.18 bits per heavy atom. The Morgan fingerprint density at radius 3 is 2.65 bits per heavy atom. The van der Waals surface area contributed by atoms with Crippen LogP contribution in [0.3, 0.4) is 0 Å². The summed E-state index contributed by atoms with van der Waals surface area (Å²) in [6, 6.07) is 7.63. The Labute approximate surface area is 205 Å². The average Bonchev–Trinajstić information content (AvgIpc) is 3.28. The standard InChI is InChI=1S/C25H32ClN3O5/c1-25(2,3)34-24(31)28-11-7-18(8-12-28)29-10-4-5-20(29)23(30)27-9-6-17-15-19(26)22-21(16-17)32-13-14-33-22/h4-5,10,15-16,18H,6-9,11-14H2,1-3H3,(H,27,30). The van der Waals surface area contributed by atoms with E-state index in [4.69, 9.17) is 25.8 Å². The number of rotatable bonds is 5. The van der Waals surface area contributed by atoms with Crippen molar-refractivity contribution in [2.75, 3.05) is 32.8 Å². The van der Waals surface area contributed by atoms with E-state index in [2.05, 4.69) is 5.32 Å². The lowest BCUT2D eigenvalue weighted by Gasteiger charge is -2.34. The van der Waals surface area contributed by atoms with Crippen molar-refractivity contribution in [2.24, 2.45) is 0 Å². The van der Waals surface area contributed by atoms with E-state index in [1.807, 2.05) is 55.8 Å². The first-order valence-corrected chi connectivity index (χ1v) is 12.1. The first-order chi connectivity index (χ1) is 16.2. The van der Waals surface area contributed by atoms with Gasteiger partial charge in [-0.2, -0.15) is 0 Å². The highest BCUT2D eigenvalue weighted by Gasteiger charge is 2.28. The van der Waals surface area contributed by atoms with E-state index < -0.39 is 5.60 Å². The quantitative estimate of drug-likeness (QED) is 0.670. The average molecular weight is 490 g/mol. The first kappa shape index (κ1) is 24.3. The number of halogens is 1. The number of aromatic nitrogens is 1. The Bertz CT molecular complexity index is 1040. The van der Waals surface area contributed by atoms with Gasteiger partial charge in [-0.15, -0.1) is 0 Å². The van der Waals surface area contributed by atoms with Crippen molar-refractivity contribution < 1.29 is 23.8 Å². The number of carbonyl (C=O) groups is 2. The highest BCUT2D eigenvalue weighted by atomic mass is 35.5. The number of benzene rings is 1. The van der Waals surface area contributed by atoms with Crippen LogP contribution in [0.5, 0.6) is 11.5 Å². The van der Waals surface area contributed by atoms with Crippen LogP contribution in [0.1, 0.15) is 55.7 Å². The van der Waals surface area contributed by atoms with Gasteiger partial charge < -0.3 is 29.0 Å². The number of nitrogens with zero attached hydrogens (tertiary/aromatic N) is 2. The second kappa shape index (κ2) is 10.2. The summed E-state index contributed by atoms with van der Waals surface area (Å²) in [6.07, 6.45) is 3.81. The highest BCUT2D eigenvalue weighted by molar-refractivity contribution is 6.32. The van der Waals surface area contributed by atoms with E-state index in [-0.39, 0.29) is 18.0 Å². The van der Waals surface area contributed by atoms with Crippen molar-refractivity contribution in [3.05, 3.63) is 46.7 Å². The number of nitrogens with one attached hydrogen (secondary N) is 1. The molecule has 1 N–H and O–H groups in total. The van der Waals surface area contributed by atoms with E-state index in [9.17, 15) is 9.59 Å². The molecular weight excluding hydrogens is 458 g/mol. The van der Waals surface area contributed by atoms with Gasteiger partial charge in [-0.25, -0.2) is 4.79 Å². The SMILES string of the molecule is CC(C)(C)OC(=O)N1CCC(n2cccc2C(=O)NCCc2cc(Cl)c3c(c2)OCCO3)CC1. The molecule has 0 atom stereocenters. The van der Waals surface area contributed by atoms with Crippen LogP contribution in [0.15, 0.2) is 30.5 Å². The molecule has 0 bridgehead atoms. The zero-order valence-electron chi connectivity index (χ0n) is 19.9. The Balaban J connectivity index is 1.30. The molecule has 1 aromatic heterocycles. The molecule has 0 aliphatic carbocycles. The second-order valence-corrected chi connectivity index (χ2v) is 10.0. The van der Waals surface area contributed by atoms with E-state index in [1.54, 1.807) is 4.90 Å². The van der Waals surface area contributed by atoms with E-state index in [1.165, 1.54) is 0 Å². The van der Waals surface area contributed by atoms with Crippen molar-refractivity contribution in [3.63, 3.8) is 0 Å². The molecule has 0 saturated carbocycles. The van der Waals surface area contributed by atoms with Gasteiger partial charge in [-0.05, 0) is 69.9 Å². The molecule has 0 radical (unpaired) electrons. The van der Waals surface area contributed by atoms with Gasteiger partial charge in [0.05, 0.1) is 5.02 Å². The van der Waals surface area contributed by atoms with Gasteiger partial charge in [0.2, 0.25) is 0 Å². The Morgan fingerprint density at radius 2 is 1.91 bits per heavy atom. The first-order valence-electron chi connectivity index (χ1n) is 11.7. The number of carbonyl (C=O) groups excluding carboxylic acids is 2. The number of hydrogen-bond donors (Lipinski definition) is 1. The molecule has 2 aliphatic heterocycles. The molecule has 9 heteroatoms. The summed E-state index contributed by atoms with van der Waals surface area (Å²) in [5.74, 6) is 1.10.